The Hall–Kier alpha value is -5.11. The molecule has 0 aliphatic heterocycles. The monoisotopic (exact) mass is 636 g/mol. The van der Waals surface area contributed by atoms with E-state index in [2.05, 4.69) is 25.9 Å². The van der Waals surface area contributed by atoms with E-state index in [1.807, 2.05) is 38.1 Å². The van der Waals surface area contributed by atoms with E-state index in [0.29, 0.717) is 17.5 Å². The Kier molecular flexibility index (Phi) is 12.9. The van der Waals surface area contributed by atoms with Crippen LogP contribution in [0.1, 0.15) is 44.2 Å². The van der Waals surface area contributed by atoms with Gasteiger partial charge in [-0.3, -0.25) is 19.4 Å². The maximum atomic E-state index is 13.8. The maximum Gasteiger partial charge on any atom is 0.326 e. The Labute approximate surface area is 267 Å². The van der Waals surface area contributed by atoms with E-state index in [4.69, 9.17) is 17.2 Å². The summed E-state index contributed by atoms with van der Waals surface area (Å²) in [4.78, 5) is 59.5. The third kappa shape index (κ3) is 10.8. The van der Waals surface area contributed by atoms with Gasteiger partial charge >= 0.3 is 5.97 Å². The number of aliphatic imine (C=N–C) groups is 1. The number of phenolic OH excluding ortho intramolecular Hbond substituents is 1. The van der Waals surface area contributed by atoms with Gasteiger partial charge in [0.05, 0.1) is 6.04 Å². The van der Waals surface area contributed by atoms with Crippen molar-refractivity contribution in [3.8, 4) is 5.75 Å². The zero-order valence-corrected chi connectivity index (χ0v) is 26.0. The lowest BCUT2D eigenvalue weighted by Gasteiger charge is -2.25. The first kappa shape index (κ1) is 35.4. The number of nitrogens with zero attached hydrogens (tertiary/aromatic N) is 1. The first-order chi connectivity index (χ1) is 21.8. The number of nitrogens with two attached hydrogens (primary N) is 3. The fourth-order valence-corrected chi connectivity index (χ4v) is 5.01. The number of aliphatic carboxylic acids is 1. The van der Waals surface area contributed by atoms with Gasteiger partial charge in [-0.25, -0.2) is 4.79 Å². The number of carbonyl (C=O) groups excluding carboxylic acids is 3. The lowest BCUT2D eigenvalue weighted by molar-refractivity contribution is -0.142. The van der Waals surface area contributed by atoms with E-state index in [0.717, 1.165) is 10.9 Å². The molecule has 4 unspecified atom stereocenters. The van der Waals surface area contributed by atoms with E-state index < -0.39 is 47.9 Å². The summed E-state index contributed by atoms with van der Waals surface area (Å²) in [6.45, 7) is 4.02. The summed E-state index contributed by atoms with van der Waals surface area (Å²) >= 11 is 0. The summed E-state index contributed by atoms with van der Waals surface area (Å²) in [6, 6.07) is 9.10. The number of carboxylic acids is 1. The zero-order valence-electron chi connectivity index (χ0n) is 26.0. The summed E-state index contributed by atoms with van der Waals surface area (Å²) < 4.78 is 0. The lowest BCUT2D eigenvalue weighted by Crippen LogP contribution is -2.58. The Morgan fingerprint density at radius 1 is 0.870 bits per heavy atom. The molecular formula is C32H44N8O6. The van der Waals surface area contributed by atoms with Crippen LogP contribution in [0.4, 0.5) is 0 Å². The van der Waals surface area contributed by atoms with Gasteiger partial charge in [0.25, 0.3) is 0 Å². The molecule has 1 aromatic heterocycles. The summed E-state index contributed by atoms with van der Waals surface area (Å²) in [5.41, 5.74) is 19.0. The molecule has 0 fully saturated rings. The van der Waals surface area contributed by atoms with Crippen LogP contribution in [0, 0.1) is 5.92 Å². The van der Waals surface area contributed by atoms with Crippen molar-refractivity contribution in [1.82, 2.24) is 20.9 Å². The molecule has 4 atom stereocenters. The second-order valence-corrected chi connectivity index (χ2v) is 11.6. The van der Waals surface area contributed by atoms with Crippen LogP contribution in [0.15, 0.2) is 59.7 Å². The molecule has 248 valence electrons. The van der Waals surface area contributed by atoms with E-state index in [1.54, 1.807) is 18.3 Å². The standard InChI is InChI=1S/C32H44N8O6/c1-18(2)14-23(33)28(42)39-26(15-19-9-11-21(41)12-10-19)29(43)40-27(16-20-17-37-24-7-4-3-6-22(20)24)30(44)38-25(31(45)46)8-5-13-36-32(34)35/h3-4,6-7,9-12,17-18,23,25-27,37,41H,5,8,13-16,33H2,1-2H3,(H,38,44)(H,39,42)(H,40,43)(H,45,46)(H4,34,35,36). The second kappa shape index (κ2) is 16.8. The highest BCUT2D eigenvalue weighted by Crippen LogP contribution is 2.20. The van der Waals surface area contributed by atoms with Crippen molar-refractivity contribution in [2.45, 2.75) is 70.1 Å². The van der Waals surface area contributed by atoms with E-state index in [1.165, 1.54) is 12.1 Å². The molecule has 3 aromatic rings. The Morgan fingerprint density at radius 2 is 1.48 bits per heavy atom. The van der Waals surface area contributed by atoms with Crippen molar-refractivity contribution < 1.29 is 29.4 Å². The van der Waals surface area contributed by atoms with E-state index in [-0.39, 0.29) is 49.9 Å². The quantitative estimate of drug-likeness (QED) is 0.0571. The van der Waals surface area contributed by atoms with E-state index >= 15 is 0 Å². The minimum absolute atomic E-state index is 0.0225. The minimum atomic E-state index is -1.27. The van der Waals surface area contributed by atoms with Gasteiger partial charge in [-0.2, -0.15) is 0 Å². The van der Waals surface area contributed by atoms with Crippen LogP contribution in [0.3, 0.4) is 0 Å². The number of H-pyrrole nitrogens is 1. The SMILES string of the molecule is CC(C)CC(N)C(=O)NC(Cc1ccc(O)cc1)C(=O)NC(Cc1c[nH]c2ccccc12)C(=O)NC(CCCN=C(N)N)C(=O)O. The van der Waals surface area contributed by atoms with Gasteiger partial charge in [-0.05, 0) is 54.5 Å². The number of aromatic nitrogens is 1. The smallest absolute Gasteiger partial charge is 0.326 e. The third-order valence-electron chi connectivity index (χ3n) is 7.36. The normalized spacial score (nSPS) is 13.7. The van der Waals surface area contributed by atoms with E-state index in [9.17, 15) is 29.4 Å². The number of carboxylic acid groups (broad SMARTS) is 1. The van der Waals surface area contributed by atoms with Crippen molar-refractivity contribution >= 4 is 40.6 Å². The summed E-state index contributed by atoms with van der Waals surface area (Å²) in [5.74, 6) is -3.14. The van der Waals surface area contributed by atoms with Crippen molar-refractivity contribution in [3.63, 3.8) is 0 Å². The molecule has 12 N–H and O–H groups in total. The van der Waals surface area contributed by atoms with Crippen LogP contribution in [0.5, 0.6) is 5.75 Å². The molecule has 0 bridgehead atoms. The number of amides is 3. The lowest BCUT2D eigenvalue weighted by atomic mass is 10.00. The number of rotatable bonds is 17. The number of fused-ring (bicyclic) bond motifs is 1. The molecule has 0 radical (unpaired) electrons. The van der Waals surface area contributed by atoms with Crippen molar-refractivity contribution in [1.29, 1.82) is 0 Å². The summed E-state index contributed by atoms with van der Waals surface area (Å²) in [7, 11) is 0. The van der Waals surface area contributed by atoms with Gasteiger partial charge in [0, 0.05) is 36.5 Å². The molecule has 1 heterocycles. The molecule has 0 saturated carbocycles. The van der Waals surface area contributed by atoms with Crippen LogP contribution in [-0.4, -0.2) is 75.6 Å². The fraction of sp³-hybridized carbons (Fsp3) is 0.406. The second-order valence-electron chi connectivity index (χ2n) is 11.6. The first-order valence-electron chi connectivity index (χ1n) is 15.1. The molecule has 0 saturated heterocycles. The Balaban J connectivity index is 1.88. The molecule has 0 spiro atoms. The first-order valence-corrected chi connectivity index (χ1v) is 15.1. The highest BCUT2D eigenvalue weighted by molar-refractivity contribution is 5.95. The molecule has 0 aliphatic carbocycles. The number of hydrogen-bond acceptors (Lipinski definition) is 7. The van der Waals surface area contributed by atoms with Crippen molar-refractivity contribution in [2.75, 3.05) is 6.54 Å². The van der Waals surface area contributed by atoms with Crippen molar-refractivity contribution in [2.24, 2.45) is 28.1 Å². The molecular weight excluding hydrogens is 592 g/mol. The number of phenols is 1. The van der Waals surface area contributed by atoms with Gasteiger partial charge in [-0.1, -0.05) is 44.2 Å². The highest BCUT2D eigenvalue weighted by atomic mass is 16.4. The molecule has 46 heavy (non-hydrogen) atoms. The molecule has 2 aromatic carbocycles. The number of hydrogen-bond donors (Lipinski definition) is 9. The predicted octanol–water partition coefficient (Wildman–Crippen LogP) is 0.625. The summed E-state index contributed by atoms with van der Waals surface area (Å²) in [5, 5.41) is 28.3. The number of aromatic hydroxyl groups is 1. The van der Waals surface area contributed by atoms with Gasteiger partial charge in [0.2, 0.25) is 17.7 Å². The number of benzene rings is 2. The maximum absolute atomic E-state index is 13.8. The number of nitrogens with one attached hydrogen (secondary N) is 4. The number of guanidine groups is 1. The molecule has 0 aliphatic rings. The zero-order chi connectivity index (χ0) is 33.8. The third-order valence-corrected chi connectivity index (χ3v) is 7.36. The predicted molar refractivity (Wildman–Crippen MR) is 175 cm³/mol. The molecule has 14 nitrogen and oxygen atoms in total. The number of para-hydroxylation sites is 1. The average Bonchev–Trinajstić information content (AvgIpc) is 3.40. The number of carbonyl (C=O) groups is 4. The van der Waals surface area contributed by atoms with Crippen LogP contribution in [0.25, 0.3) is 10.9 Å². The number of aromatic amines is 1. The minimum Gasteiger partial charge on any atom is -0.508 e. The van der Waals surface area contributed by atoms with Crippen LogP contribution in [0.2, 0.25) is 0 Å². The van der Waals surface area contributed by atoms with Crippen LogP contribution in [-0.2, 0) is 32.0 Å². The van der Waals surface area contributed by atoms with Gasteiger partial charge in [-0.15, -0.1) is 0 Å². The Morgan fingerprint density at radius 3 is 2.11 bits per heavy atom. The Bertz CT molecular complexity index is 1520. The molecule has 14 heteroatoms. The topological polar surface area (TPSA) is 251 Å². The largest absolute Gasteiger partial charge is 0.508 e. The van der Waals surface area contributed by atoms with Gasteiger partial charge in [0.1, 0.15) is 23.9 Å². The highest BCUT2D eigenvalue weighted by Gasteiger charge is 2.31. The fourth-order valence-electron chi connectivity index (χ4n) is 5.01. The van der Waals surface area contributed by atoms with Gasteiger partial charge in [0.15, 0.2) is 5.96 Å². The van der Waals surface area contributed by atoms with Crippen LogP contribution < -0.4 is 33.2 Å². The molecule has 3 rings (SSSR count). The molecule has 3 amide bonds. The van der Waals surface area contributed by atoms with Crippen LogP contribution >= 0.6 is 0 Å². The summed E-state index contributed by atoms with van der Waals surface area (Å²) in [6.07, 6.45) is 2.50. The average molecular weight is 637 g/mol. The van der Waals surface area contributed by atoms with Crippen molar-refractivity contribution in [3.05, 3.63) is 65.9 Å². The van der Waals surface area contributed by atoms with Gasteiger partial charge < -0.3 is 48.3 Å².